The van der Waals surface area contributed by atoms with E-state index in [0.29, 0.717) is 0 Å². The summed E-state index contributed by atoms with van der Waals surface area (Å²) in [6.45, 7) is 5.37. The molecule has 0 radical (unpaired) electrons. The Morgan fingerprint density at radius 3 is 2.50 bits per heavy atom. The van der Waals surface area contributed by atoms with Gasteiger partial charge in [0.15, 0.2) is 0 Å². The van der Waals surface area contributed by atoms with E-state index in [1.54, 1.807) is 0 Å². The molecule has 0 bridgehead atoms. The summed E-state index contributed by atoms with van der Waals surface area (Å²) in [7, 11) is 0. The molecule has 2 rings (SSSR count). The number of rotatable bonds is 4. The lowest BCUT2D eigenvalue weighted by Crippen LogP contribution is -2.52. The van der Waals surface area contributed by atoms with Crippen LogP contribution in [0.5, 0.6) is 0 Å². The first-order valence-electron chi connectivity index (χ1n) is 7.06. The molecule has 0 aromatic heterocycles. The predicted molar refractivity (Wildman–Crippen MR) is 82.8 cm³/mol. The third-order valence-corrected chi connectivity index (χ3v) is 4.60. The molecule has 1 unspecified atom stereocenters. The van der Waals surface area contributed by atoms with Gasteiger partial charge >= 0.3 is 0 Å². The van der Waals surface area contributed by atoms with Crippen molar-refractivity contribution in [2.75, 3.05) is 32.8 Å². The van der Waals surface area contributed by atoms with E-state index < -0.39 is 0 Å². The van der Waals surface area contributed by atoms with Crippen molar-refractivity contribution < 1.29 is 9.90 Å². The van der Waals surface area contributed by atoms with Gasteiger partial charge in [-0.15, -0.1) is 0 Å². The van der Waals surface area contributed by atoms with Crippen LogP contribution in [0.2, 0.25) is 0 Å². The molecule has 1 heterocycles. The third kappa shape index (κ3) is 3.40. The summed E-state index contributed by atoms with van der Waals surface area (Å²) in [5.74, 6) is 0.0779. The van der Waals surface area contributed by atoms with Crippen molar-refractivity contribution in [1.82, 2.24) is 9.80 Å². The number of carbonyl (C=O) groups excluding carboxylic acids is 1. The summed E-state index contributed by atoms with van der Waals surface area (Å²) >= 11 is 3.43. The largest absolute Gasteiger partial charge is 0.395 e. The average Bonchev–Trinajstić information content (AvgIpc) is 2.49. The Morgan fingerprint density at radius 2 is 1.95 bits per heavy atom. The normalized spacial score (nSPS) is 18.1. The molecule has 110 valence electrons. The molecule has 20 heavy (non-hydrogen) atoms. The second-order valence-corrected chi connectivity index (χ2v) is 5.91. The van der Waals surface area contributed by atoms with Crippen molar-refractivity contribution >= 4 is 21.8 Å². The van der Waals surface area contributed by atoms with Gasteiger partial charge in [0.05, 0.1) is 12.2 Å². The zero-order valence-corrected chi connectivity index (χ0v) is 13.3. The summed E-state index contributed by atoms with van der Waals surface area (Å²) in [4.78, 5) is 16.6. The van der Waals surface area contributed by atoms with Gasteiger partial charge < -0.3 is 10.0 Å². The number of carbonyl (C=O) groups is 1. The monoisotopic (exact) mass is 340 g/mol. The quantitative estimate of drug-likeness (QED) is 0.911. The molecular weight excluding hydrogens is 320 g/mol. The van der Waals surface area contributed by atoms with E-state index in [1.165, 1.54) is 0 Å². The molecule has 5 heteroatoms. The molecule has 0 aliphatic carbocycles. The number of aliphatic hydroxyl groups excluding tert-OH is 1. The maximum atomic E-state index is 12.5. The van der Waals surface area contributed by atoms with Gasteiger partial charge in [-0.05, 0) is 34.5 Å². The molecule has 1 N–H and O–H groups in total. The van der Waals surface area contributed by atoms with Gasteiger partial charge in [-0.2, -0.15) is 0 Å². The molecule has 1 aliphatic heterocycles. The smallest absolute Gasteiger partial charge is 0.255 e. The number of hydrogen-bond acceptors (Lipinski definition) is 3. The highest BCUT2D eigenvalue weighted by molar-refractivity contribution is 9.10. The highest BCUT2D eigenvalue weighted by atomic mass is 79.9. The highest BCUT2D eigenvalue weighted by Gasteiger charge is 2.26. The van der Waals surface area contributed by atoms with Crippen LogP contribution in [0.1, 0.15) is 23.7 Å². The first kappa shape index (κ1) is 15.5. The number of aliphatic hydroxyl groups is 1. The second-order valence-electron chi connectivity index (χ2n) is 5.05. The number of amides is 1. The van der Waals surface area contributed by atoms with Crippen LogP contribution in [-0.2, 0) is 0 Å². The Kier molecular flexibility index (Phi) is 5.57. The number of nitrogens with zero attached hydrogens (tertiary/aromatic N) is 2. The lowest BCUT2D eigenvalue weighted by atomic mass is 10.1. The van der Waals surface area contributed by atoms with Gasteiger partial charge in [0.25, 0.3) is 5.91 Å². The van der Waals surface area contributed by atoms with Crippen molar-refractivity contribution in [2.24, 2.45) is 0 Å². The minimum atomic E-state index is 0.0779. The molecule has 1 saturated heterocycles. The van der Waals surface area contributed by atoms with Crippen LogP contribution in [0, 0.1) is 0 Å². The van der Waals surface area contributed by atoms with Crippen molar-refractivity contribution in [3.63, 3.8) is 0 Å². The third-order valence-electron chi connectivity index (χ3n) is 3.90. The van der Waals surface area contributed by atoms with Gasteiger partial charge in [0.1, 0.15) is 0 Å². The summed E-state index contributed by atoms with van der Waals surface area (Å²) < 4.78 is 0.842. The molecule has 4 nitrogen and oxygen atoms in total. The number of hydrogen-bond donors (Lipinski definition) is 1. The Labute approximate surface area is 128 Å². The summed E-state index contributed by atoms with van der Waals surface area (Å²) in [6.07, 6.45) is 0.939. The molecular formula is C15H21BrN2O2. The minimum Gasteiger partial charge on any atom is -0.395 e. The van der Waals surface area contributed by atoms with E-state index in [1.807, 2.05) is 29.2 Å². The first-order chi connectivity index (χ1) is 9.67. The Morgan fingerprint density at radius 1 is 1.30 bits per heavy atom. The van der Waals surface area contributed by atoms with Gasteiger partial charge in [-0.25, -0.2) is 0 Å². The molecule has 1 amide bonds. The van der Waals surface area contributed by atoms with E-state index in [0.717, 1.165) is 42.6 Å². The van der Waals surface area contributed by atoms with E-state index >= 15 is 0 Å². The lowest BCUT2D eigenvalue weighted by Gasteiger charge is -2.38. The molecule has 1 fully saturated rings. The minimum absolute atomic E-state index is 0.0779. The van der Waals surface area contributed by atoms with Gasteiger partial charge in [-0.1, -0.05) is 19.1 Å². The highest BCUT2D eigenvalue weighted by Crippen LogP contribution is 2.19. The van der Waals surface area contributed by atoms with Gasteiger partial charge in [-0.3, -0.25) is 9.69 Å². The second kappa shape index (κ2) is 7.20. The van der Waals surface area contributed by atoms with E-state index in [-0.39, 0.29) is 18.6 Å². The van der Waals surface area contributed by atoms with Crippen LogP contribution in [0.4, 0.5) is 0 Å². The summed E-state index contributed by atoms with van der Waals surface area (Å²) in [5, 5.41) is 9.34. The summed E-state index contributed by atoms with van der Waals surface area (Å²) in [6, 6.07) is 7.75. The van der Waals surface area contributed by atoms with E-state index in [9.17, 15) is 9.90 Å². The number of halogens is 1. The molecule has 0 saturated carbocycles. The first-order valence-corrected chi connectivity index (χ1v) is 7.85. The SMILES string of the molecule is CCC(CO)N1CCN(C(=O)c2ccccc2Br)CC1. The Balaban J connectivity index is 1.97. The fraction of sp³-hybridized carbons (Fsp3) is 0.533. The molecule has 0 spiro atoms. The van der Waals surface area contributed by atoms with Crippen molar-refractivity contribution in [1.29, 1.82) is 0 Å². The van der Waals surface area contributed by atoms with Gasteiger partial charge in [0, 0.05) is 36.7 Å². The average molecular weight is 341 g/mol. The standard InChI is InChI=1S/C15H21BrN2O2/c1-2-12(11-19)17-7-9-18(10-8-17)15(20)13-5-3-4-6-14(13)16/h3-6,12,19H,2,7-11H2,1H3. The predicted octanol–water partition coefficient (Wildman–Crippen LogP) is 1.98. The van der Waals surface area contributed by atoms with Crippen LogP contribution < -0.4 is 0 Å². The van der Waals surface area contributed by atoms with Crippen LogP contribution in [0.15, 0.2) is 28.7 Å². The number of piperazine rings is 1. The lowest BCUT2D eigenvalue weighted by molar-refractivity contribution is 0.0471. The Hall–Kier alpha value is -0.910. The molecule has 1 aliphatic rings. The van der Waals surface area contributed by atoms with Crippen molar-refractivity contribution in [3.8, 4) is 0 Å². The zero-order valence-electron chi connectivity index (χ0n) is 11.8. The van der Waals surface area contributed by atoms with Crippen LogP contribution in [-0.4, -0.2) is 59.6 Å². The number of benzene rings is 1. The maximum Gasteiger partial charge on any atom is 0.255 e. The van der Waals surface area contributed by atoms with Gasteiger partial charge in [0.2, 0.25) is 0 Å². The summed E-state index contributed by atoms with van der Waals surface area (Å²) in [5.41, 5.74) is 0.718. The zero-order chi connectivity index (χ0) is 14.5. The molecule has 1 aromatic carbocycles. The van der Waals surface area contributed by atoms with E-state index in [2.05, 4.69) is 27.8 Å². The van der Waals surface area contributed by atoms with Crippen LogP contribution >= 0.6 is 15.9 Å². The Bertz CT molecular complexity index is 455. The molecule has 1 atom stereocenters. The van der Waals surface area contributed by atoms with Crippen molar-refractivity contribution in [3.05, 3.63) is 34.3 Å². The molecule has 1 aromatic rings. The fourth-order valence-corrected chi connectivity index (χ4v) is 3.05. The van der Waals surface area contributed by atoms with Crippen molar-refractivity contribution in [2.45, 2.75) is 19.4 Å². The topological polar surface area (TPSA) is 43.8 Å². The van der Waals surface area contributed by atoms with Crippen LogP contribution in [0.25, 0.3) is 0 Å². The maximum absolute atomic E-state index is 12.5. The van der Waals surface area contributed by atoms with Crippen LogP contribution in [0.3, 0.4) is 0 Å². The van der Waals surface area contributed by atoms with E-state index in [4.69, 9.17) is 0 Å². The fourth-order valence-electron chi connectivity index (χ4n) is 2.60.